The molecule has 0 fully saturated rings. The molecule has 0 bridgehead atoms. The summed E-state index contributed by atoms with van der Waals surface area (Å²) in [6.45, 7) is 2.20. The first-order valence-corrected chi connectivity index (χ1v) is 8.39. The van der Waals surface area contributed by atoms with Crippen LogP contribution in [0.3, 0.4) is 0 Å². The van der Waals surface area contributed by atoms with Crippen LogP contribution in [0.5, 0.6) is 0 Å². The summed E-state index contributed by atoms with van der Waals surface area (Å²) in [6, 6.07) is 19.6. The third-order valence-electron chi connectivity index (χ3n) is 3.46. The smallest absolute Gasteiger partial charge is 0.323 e. The lowest BCUT2D eigenvalue weighted by atomic mass is 10.1. The first-order chi connectivity index (χ1) is 11.3. The summed E-state index contributed by atoms with van der Waals surface area (Å²) in [5, 5.41) is 0.659. The minimum absolute atomic E-state index is 0.218. The molecule has 1 atom stereocenters. The van der Waals surface area contributed by atoms with E-state index in [0.717, 1.165) is 21.4 Å². The zero-order chi connectivity index (χ0) is 16.1. The highest BCUT2D eigenvalue weighted by molar-refractivity contribution is 8.00. The number of esters is 1. The summed E-state index contributed by atoms with van der Waals surface area (Å²) >= 11 is 1.50. The van der Waals surface area contributed by atoms with Gasteiger partial charge in [-0.2, -0.15) is 0 Å². The molecule has 0 N–H and O–H groups in total. The molecule has 0 saturated heterocycles. The van der Waals surface area contributed by atoms with Gasteiger partial charge in [-0.1, -0.05) is 48.5 Å². The van der Waals surface area contributed by atoms with E-state index in [9.17, 15) is 4.79 Å². The van der Waals surface area contributed by atoms with Crippen LogP contribution in [0.15, 0.2) is 71.8 Å². The van der Waals surface area contributed by atoms with Gasteiger partial charge >= 0.3 is 5.97 Å². The number of carbonyl (C=O) groups is 1. The van der Waals surface area contributed by atoms with Gasteiger partial charge in [-0.25, -0.2) is 0 Å². The van der Waals surface area contributed by atoms with Crippen molar-refractivity contribution >= 4 is 28.6 Å². The van der Waals surface area contributed by atoms with Gasteiger partial charge in [0.05, 0.1) is 12.1 Å². The fourth-order valence-electron chi connectivity index (χ4n) is 2.40. The van der Waals surface area contributed by atoms with Crippen molar-refractivity contribution in [3.8, 4) is 0 Å². The van der Waals surface area contributed by atoms with Gasteiger partial charge in [0.1, 0.15) is 5.25 Å². The van der Waals surface area contributed by atoms with Crippen molar-refractivity contribution in [3.63, 3.8) is 0 Å². The Balaban J connectivity index is 1.99. The van der Waals surface area contributed by atoms with E-state index in [1.807, 2.05) is 67.6 Å². The van der Waals surface area contributed by atoms with Crippen molar-refractivity contribution in [3.05, 3.63) is 72.4 Å². The molecule has 0 aliphatic carbocycles. The number of thioether (sulfide) groups is 1. The molecule has 2 aromatic carbocycles. The Hall–Kier alpha value is -2.33. The number of carbonyl (C=O) groups excluding carboxylic acids is 1. The Morgan fingerprint density at radius 3 is 2.61 bits per heavy atom. The van der Waals surface area contributed by atoms with Crippen LogP contribution in [-0.2, 0) is 9.53 Å². The van der Waals surface area contributed by atoms with Gasteiger partial charge in [-0.3, -0.25) is 9.78 Å². The first-order valence-electron chi connectivity index (χ1n) is 7.51. The maximum atomic E-state index is 12.4. The maximum Gasteiger partial charge on any atom is 0.323 e. The van der Waals surface area contributed by atoms with Gasteiger partial charge in [0.2, 0.25) is 0 Å². The van der Waals surface area contributed by atoms with E-state index >= 15 is 0 Å². The van der Waals surface area contributed by atoms with Crippen LogP contribution in [0.2, 0.25) is 0 Å². The van der Waals surface area contributed by atoms with Crippen LogP contribution in [0.25, 0.3) is 10.9 Å². The molecular weight excluding hydrogens is 306 g/mol. The molecule has 1 heterocycles. The fourth-order valence-corrected chi connectivity index (χ4v) is 3.55. The van der Waals surface area contributed by atoms with E-state index in [0.29, 0.717) is 6.61 Å². The Morgan fingerprint density at radius 2 is 1.83 bits per heavy atom. The zero-order valence-corrected chi connectivity index (χ0v) is 13.6. The number of benzene rings is 2. The molecule has 0 aliphatic rings. The van der Waals surface area contributed by atoms with Crippen molar-refractivity contribution in [1.29, 1.82) is 0 Å². The average molecular weight is 323 g/mol. The van der Waals surface area contributed by atoms with Crippen molar-refractivity contribution in [1.82, 2.24) is 4.98 Å². The predicted octanol–water partition coefficient (Wildman–Crippen LogP) is 4.63. The number of para-hydroxylation sites is 1. The summed E-state index contributed by atoms with van der Waals surface area (Å²) in [7, 11) is 0. The number of ether oxygens (including phenoxy) is 1. The highest BCUT2D eigenvalue weighted by Gasteiger charge is 2.24. The van der Waals surface area contributed by atoms with Crippen LogP contribution in [0, 0.1) is 0 Å². The van der Waals surface area contributed by atoms with E-state index < -0.39 is 0 Å². The molecule has 1 aromatic heterocycles. The van der Waals surface area contributed by atoms with Crippen molar-refractivity contribution in [2.24, 2.45) is 0 Å². The van der Waals surface area contributed by atoms with Gasteiger partial charge in [-0.15, -0.1) is 11.8 Å². The summed E-state index contributed by atoms with van der Waals surface area (Å²) in [6.07, 6.45) is 1.78. The lowest BCUT2D eigenvalue weighted by Crippen LogP contribution is -2.13. The quantitative estimate of drug-likeness (QED) is 0.507. The Bertz CT molecular complexity index is 799. The van der Waals surface area contributed by atoms with E-state index in [2.05, 4.69) is 4.98 Å². The third-order valence-corrected chi connectivity index (χ3v) is 4.77. The SMILES string of the molecule is CCOC(=O)C(Sc1ccnc2ccccc12)c1ccccc1. The van der Waals surface area contributed by atoms with E-state index in [1.54, 1.807) is 6.20 Å². The number of aromatic nitrogens is 1. The van der Waals surface area contributed by atoms with Gasteiger partial charge in [0, 0.05) is 16.5 Å². The summed E-state index contributed by atoms with van der Waals surface area (Å²) in [5.41, 5.74) is 1.87. The zero-order valence-electron chi connectivity index (χ0n) is 12.8. The molecule has 0 spiro atoms. The molecule has 116 valence electrons. The highest BCUT2D eigenvalue weighted by Crippen LogP contribution is 2.39. The van der Waals surface area contributed by atoms with Gasteiger partial charge in [-0.05, 0) is 24.6 Å². The summed E-state index contributed by atoms with van der Waals surface area (Å²) in [5.74, 6) is -0.218. The standard InChI is InChI=1S/C19H17NO2S/c1-2-22-19(21)18(14-8-4-3-5-9-14)23-17-12-13-20-16-11-7-6-10-15(16)17/h3-13,18H,2H2,1H3. The van der Waals surface area contributed by atoms with Gasteiger partial charge in [0.25, 0.3) is 0 Å². The van der Waals surface area contributed by atoms with Crippen LogP contribution in [-0.4, -0.2) is 17.6 Å². The molecule has 0 aliphatic heterocycles. The molecule has 0 saturated carbocycles. The molecule has 0 amide bonds. The first kappa shape index (κ1) is 15.6. The maximum absolute atomic E-state index is 12.4. The van der Waals surface area contributed by atoms with Crippen LogP contribution in [0.1, 0.15) is 17.7 Å². The number of fused-ring (bicyclic) bond motifs is 1. The minimum Gasteiger partial charge on any atom is -0.465 e. The van der Waals surface area contributed by atoms with E-state index in [1.165, 1.54) is 11.8 Å². The largest absolute Gasteiger partial charge is 0.465 e. The molecule has 3 aromatic rings. The third kappa shape index (κ3) is 3.54. The molecule has 3 rings (SSSR count). The van der Waals surface area contributed by atoms with Crippen molar-refractivity contribution in [2.45, 2.75) is 17.1 Å². The average Bonchev–Trinajstić information content (AvgIpc) is 2.60. The lowest BCUT2D eigenvalue weighted by molar-refractivity contribution is -0.142. The number of pyridine rings is 1. The van der Waals surface area contributed by atoms with E-state index in [-0.39, 0.29) is 11.2 Å². The Kier molecular flexibility index (Phi) is 4.93. The Morgan fingerprint density at radius 1 is 1.09 bits per heavy atom. The molecule has 3 nitrogen and oxygen atoms in total. The normalized spacial score (nSPS) is 12.0. The molecule has 23 heavy (non-hydrogen) atoms. The highest BCUT2D eigenvalue weighted by atomic mass is 32.2. The molecule has 1 unspecified atom stereocenters. The number of nitrogens with zero attached hydrogens (tertiary/aromatic N) is 1. The predicted molar refractivity (Wildman–Crippen MR) is 93.4 cm³/mol. The number of hydrogen-bond donors (Lipinski definition) is 0. The van der Waals surface area contributed by atoms with Crippen LogP contribution >= 0.6 is 11.8 Å². The Labute approximate surface area is 139 Å². The fraction of sp³-hybridized carbons (Fsp3) is 0.158. The lowest BCUT2D eigenvalue weighted by Gasteiger charge is -2.16. The minimum atomic E-state index is -0.387. The van der Waals surface area contributed by atoms with Gasteiger partial charge < -0.3 is 4.74 Å². The van der Waals surface area contributed by atoms with Crippen molar-refractivity contribution in [2.75, 3.05) is 6.61 Å². The molecule has 4 heteroatoms. The topological polar surface area (TPSA) is 39.2 Å². The van der Waals surface area contributed by atoms with Crippen molar-refractivity contribution < 1.29 is 9.53 Å². The second kappa shape index (κ2) is 7.29. The number of rotatable bonds is 5. The van der Waals surface area contributed by atoms with Gasteiger partial charge in [0.15, 0.2) is 0 Å². The monoisotopic (exact) mass is 323 g/mol. The van der Waals surface area contributed by atoms with Crippen LogP contribution < -0.4 is 0 Å². The second-order valence-corrected chi connectivity index (χ2v) is 6.13. The summed E-state index contributed by atoms with van der Waals surface area (Å²) < 4.78 is 5.27. The van der Waals surface area contributed by atoms with Crippen LogP contribution in [0.4, 0.5) is 0 Å². The number of hydrogen-bond acceptors (Lipinski definition) is 4. The molecular formula is C19H17NO2S. The molecule has 0 radical (unpaired) electrons. The second-order valence-electron chi connectivity index (χ2n) is 4.99. The van der Waals surface area contributed by atoms with E-state index in [4.69, 9.17) is 4.74 Å². The summed E-state index contributed by atoms with van der Waals surface area (Å²) in [4.78, 5) is 17.8.